The van der Waals surface area contributed by atoms with Gasteiger partial charge in [-0.25, -0.2) is 9.97 Å². The summed E-state index contributed by atoms with van der Waals surface area (Å²) in [6.45, 7) is 0. The van der Waals surface area contributed by atoms with E-state index in [-0.39, 0.29) is 0 Å². The first-order valence-corrected chi connectivity index (χ1v) is 19.1. The van der Waals surface area contributed by atoms with Crippen LogP contribution in [0, 0.1) is 0 Å². The molecule has 56 heavy (non-hydrogen) atoms. The van der Waals surface area contributed by atoms with Crippen molar-refractivity contribution in [3.05, 3.63) is 187 Å². The molecule has 4 heteroatoms. The van der Waals surface area contributed by atoms with Crippen molar-refractivity contribution in [2.45, 2.75) is 12.8 Å². The molecule has 0 spiro atoms. The van der Waals surface area contributed by atoms with Gasteiger partial charge in [-0.3, -0.25) is 0 Å². The molecule has 0 N–H and O–H groups in total. The van der Waals surface area contributed by atoms with Gasteiger partial charge in [-0.2, -0.15) is 0 Å². The van der Waals surface area contributed by atoms with Gasteiger partial charge in [0.05, 0.1) is 11.4 Å². The van der Waals surface area contributed by atoms with E-state index in [4.69, 9.17) is 18.8 Å². The SMILES string of the molecule is C1=Cc2oc3c(-c4ccc(-c5nc(-c6ccccc6)cc(-c6cc(-c7ccccc7)cc(-c7ccccc7)c6)n5)c5c4oc4ccccc45)cccc3c2CC1. The molecule has 0 atom stereocenters. The van der Waals surface area contributed by atoms with Crippen LogP contribution in [0.3, 0.4) is 0 Å². The normalized spacial score (nSPS) is 12.4. The molecular weight excluding hydrogens is 685 g/mol. The van der Waals surface area contributed by atoms with E-state index in [1.165, 1.54) is 5.56 Å². The summed E-state index contributed by atoms with van der Waals surface area (Å²) >= 11 is 0. The Bertz CT molecular complexity index is 3060. The molecule has 1 aliphatic rings. The number of hydrogen-bond acceptors (Lipinski definition) is 4. The number of furan rings is 2. The third-order valence-corrected chi connectivity index (χ3v) is 11.0. The van der Waals surface area contributed by atoms with Crippen molar-refractivity contribution in [2.24, 2.45) is 0 Å². The summed E-state index contributed by atoms with van der Waals surface area (Å²) in [5.41, 5.74) is 14.9. The lowest BCUT2D eigenvalue weighted by molar-refractivity contribution is 0.596. The minimum absolute atomic E-state index is 0.632. The Kier molecular flexibility index (Phi) is 7.59. The van der Waals surface area contributed by atoms with E-state index in [0.717, 1.165) is 113 Å². The molecule has 10 aromatic rings. The summed E-state index contributed by atoms with van der Waals surface area (Å²) in [4.78, 5) is 10.7. The lowest BCUT2D eigenvalue weighted by Crippen LogP contribution is -1.97. The molecule has 0 fully saturated rings. The number of aryl methyl sites for hydroxylation is 1. The van der Waals surface area contributed by atoms with E-state index >= 15 is 0 Å². The maximum atomic E-state index is 6.80. The van der Waals surface area contributed by atoms with Gasteiger partial charge in [0.1, 0.15) is 22.5 Å². The van der Waals surface area contributed by atoms with E-state index in [1.807, 2.05) is 18.2 Å². The molecule has 0 radical (unpaired) electrons. The Morgan fingerprint density at radius 1 is 0.429 bits per heavy atom. The van der Waals surface area contributed by atoms with Gasteiger partial charge in [0, 0.05) is 49.5 Å². The van der Waals surface area contributed by atoms with E-state index < -0.39 is 0 Å². The summed E-state index contributed by atoms with van der Waals surface area (Å²) < 4.78 is 13.4. The average molecular weight is 719 g/mol. The highest BCUT2D eigenvalue weighted by molar-refractivity contribution is 6.17. The van der Waals surface area contributed by atoms with Gasteiger partial charge in [0.15, 0.2) is 5.82 Å². The first-order chi connectivity index (χ1) is 27.7. The third kappa shape index (κ3) is 5.46. The molecule has 0 unspecified atom stereocenters. The van der Waals surface area contributed by atoms with Crippen molar-refractivity contribution >= 4 is 39.0 Å². The van der Waals surface area contributed by atoms with Crippen LogP contribution in [0.25, 0.3) is 106 Å². The molecule has 4 nitrogen and oxygen atoms in total. The van der Waals surface area contributed by atoms with E-state index in [1.54, 1.807) is 0 Å². The smallest absolute Gasteiger partial charge is 0.161 e. The van der Waals surface area contributed by atoms with Gasteiger partial charge >= 0.3 is 0 Å². The summed E-state index contributed by atoms with van der Waals surface area (Å²) in [6, 6.07) is 59.3. The van der Waals surface area contributed by atoms with Crippen LogP contribution in [-0.4, -0.2) is 9.97 Å². The summed E-state index contributed by atoms with van der Waals surface area (Å²) in [6.07, 6.45) is 6.28. The Labute approximate surface area is 324 Å². The van der Waals surface area contributed by atoms with Crippen molar-refractivity contribution in [1.29, 1.82) is 0 Å². The lowest BCUT2D eigenvalue weighted by atomic mass is 9.94. The Morgan fingerprint density at radius 3 is 1.75 bits per heavy atom. The minimum Gasteiger partial charge on any atom is -0.456 e. The molecule has 0 bridgehead atoms. The van der Waals surface area contributed by atoms with Crippen molar-refractivity contribution in [3.8, 4) is 67.3 Å². The number of aromatic nitrogens is 2. The van der Waals surface area contributed by atoms with E-state index in [9.17, 15) is 0 Å². The maximum Gasteiger partial charge on any atom is 0.161 e. The molecule has 264 valence electrons. The third-order valence-electron chi connectivity index (χ3n) is 11.0. The van der Waals surface area contributed by atoms with Gasteiger partial charge < -0.3 is 8.83 Å². The standard InChI is InChI=1S/C52H34N2O2/c1-4-15-33(16-5-1)36-29-37(34-17-6-2-7-18-34)31-38(30-36)46-32-45(35-19-8-3-9-20-35)53-52(54-46)44-28-27-42(51-49(44)43-22-11-13-26-48(43)56-51)41-24-14-23-40-39-21-10-12-25-47(39)55-50(40)41/h1-9,11-20,22-32H,10,21H2. The molecule has 0 saturated heterocycles. The minimum atomic E-state index is 0.632. The van der Waals surface area contributed by atoms with Gasteiger partial charge in [-0.1, -0.05) is 133 Å². The molecule has 0 amide bonds. The van der Waals surface area contributed by atoms with E-state index in [2.05, 4.69) is 164 Å². The highest BCUT2D eigenvalue weighted by Crippen LogP contribution is 2.45. The van der Waals surface area contributed by atoms with Gasteiger partial charge in [-0.05, 0) is 83.6 Å². The molecule has 0 aliphatic heterocycles. The van der Waals surface area contributed by atoms with Crippen LogP contribution >= 0.6 is 0 Å². The molecular formula is C52H34N2O2. The second-order valence-electron chi connectivity index (χ2n) is 14.4. The van der Waals surface area contributed by atoms with E-state index in [0.29, 0.717) is 5.82 Å². The number of benzene rings is 7. The Hall–Kier alpha value is -7.30. The van der Waals surface area contributed by atoms with Crippen molar-refractivity contribution in [3.63, 3.8) is 0 Å². The predicted molar refractivity (Wildman–Crippen MR) is 229 cm³/mol. The zero-order valence-corrected chi connectivity index (χ0v) is 30.4. The largest absolute Gasteiger partial charge is 0.456 e. The fourth-order valence-corrected chi connectivity index (χ4v) is 8.28. The quantitative estimate of drug-likeness (QED) is 0.172. The van der Waals surface area contributed by atoms with Gasteiger partial charge in [0.25, 0.3) is 0 Å². The topological polar surface area (TPSA) is 52.1 Å². The van der Waals surface area contributed by atoms with Gasteiger partial charge in [0.2, 0.25) is 0 Å². The molecule has 3 heterocycles. The number of allylic oxidation sites excluding steroid dienone is 1. The second kappa shape index (κ2) is 13.2. The fourth-order valence-electron chi connectivity index (χ4n) is 8.28. The monoisotopic (exact) mass is 718 g/mol. The Morgan fingerprint density at radius 2 is 1.02 bits per heavy atom. The number of hydrogen-bond donors (Lipinski definition) is 0. The van der Waals surface area contributed by atoms with Crippen LogP contribution in [0.4, 0.5) is 0 Å². The highest BCUT2D eigenvalue weighted by atomic mass is 16.3. The molecule has 3 aromatic heterocycles. The molecule has 0 saturated carbocycles. The summed E-state index contributed by atoms with van der Waals surface area (Å²) in [5.74, 6) is 1.58. The molecule has 7 aromatic carbocycles. The van der Waals surface area contributed by atoms with Crippen LogP contribution in [0.15, 0.2) is 185 Å². The number of rotatable bonds is 6. The van der Waals surface area contributed by atoms with Crippen LogP contribution in [0.5, 0.6) is 0 Å². The average Bonchev–Trinajstić information content (AvgIpc) is 3.86. The predicted octanol–water partition coefficient (Wildman–Crippen LogP) is 14.1. The summed E-state index contributed by atoms with van der Waals surface area (Å²) in [5, 5.41) is 3.15. The first-order valence-electron chi connectivity index (χ1n) is 19.1. The fraction of sp³-hybridized carbons (Fsp3) is 0.0385. The van der Waals surface area contributed by atoms with Crippen LogP contribution in [0.2, 0.25) is 0 Å². The zero-order valence-electron chi connectivity index (χ0n) is 30.4. The zero-order chi connectivity index (χ0) is 37.0. The Balaban J connectivity index is 1.16. The number of para-hydroxylation sites is 2. The van der Waals surface area contributed by atoms with Crippen LogP contribution in [-0.2, 0) is 6.42 Å². The number of fused-ring (bicyclic) bond motifs is 6. The number of nitrogens with zero attached hydrogens (tertiary/aromatic N) is 2. The first kappa shape index (κ1) is 32.2. The summed E-state index contributed by atoms with van der Waals surface area (Å²) in [7, 11) is 0. The lowest BCUT2D eigenvalue weighted by Gasteiger charge is -2.14. The van der Waals surface area contributed by atoms with Gasteiger partial charge in [-0.15, -0.1) is 0 Å². The maximum absolute atomic E-state index is 6.80. The van der Waals surface area contributed by atoms with Crippen LogP contribution in [0.1, 0.15) is 17.7 Å². The second-order valence-corrected chi connectivity index (χ2v) is 14.4. The van der Waals surface area contributed by atoms with Crippen LogP contribution < -0.4 is 0 Å². The van der Waals surface area contributed by atoms with Crippen molar-refractivity contribution in [2.75, 3.05) is 0 Å². The van der Waals surface area contributed by atoms with Crippen molar-refractivity contribution in [1.82, 2.24) is 9.97 Å². The van der Waals surface area contributed by atoms with Crippen molar-refractivity contribution < 1.29 is 8.83 Å². The highest BCUT2D eigenvalue weighted by Gasteiger charge is 2.24. The molecule has 1 aliphatic carbocycles. The molecule has 11 rings (SSSR count).